The van der Waals surface area contributed by atoms with Crippen LogP contribution in [0.15, 0.2) is 18.2 Å². The zero-order chi connectivity index (χ0) is 14.0. The van der Waals surface area contributed by atoms with Crippen LogP contribution < -0.4 is 10.0 Å². The van der Waals surface area contributed by atoms with Gasteiger partial charge in [-0.15, -0.1) is 0 Å². The van der Waals surface area contributed by atoms with E-state index in [1.165, 1.54) is 14.2 Å². The third-order valence-corrected chi connectivity index (χ3v) is 4.21. The maximum atomic E-state index is 12.5. The van der Waals surface area contributed by atoms with E-state index in [4.69, 9.17) is 13.8 Å². The minimum Gasteiger partial charge on any atom is -0.487 e. The number of aryl methyl sites for hydroxylation is 1. The van der Waals surface area contributed by atoms with Crippen molar-refractivity contribution in [1.29, 1.82) is 0 Å². The van der Waals surface area contributed by atoms with Gasteiger partial charge in [0, 0.05) is 14.2 Å². The van der Waals surface area contributed by atoms with Gasteiger partial charge in [0.15, 0.2) is 0 Å². The summed E-state index contributed by atoms with van der Waals surface area (Å²) in [5.74, 6) is 0.528. The lowest BCUT2D eigenvalue weighted by Gasteiger charge is -2.25. The molecule has 0 aliphatic rings. The molecule has 0 fully saturated rings. The lowest BCUT2D eigenvalue weighted by molar-refractivity contribution is 0.132. The summed E-state index contributed by atoms with van der Waals surface area (Å²) >= 11 is 0. The Bertz CT molecular complexity index is 455. The Labute approximate surface area is 109 Å². The summed E-state index contributed by atoms with van der Waals surface area (Å²) in [6.07, 6.45) is 0. The Morgan fingerprint density at radius 2 is 1.67 bits per heavy atom. The van der Waals surface area contributed by atoms with E-state index in [2.05, 4.69) is 0 Å². The van der Waals surface area contributed by atoms with E-state index in [0.717, 1.165) is 5.56 Å². The van der Waals surface area contributed by atoms with Crippen molar-refractivity contribution in [2.45, 2.75) is 33.3 Å². The minimum atomic E-state index is -3.31. The first kappa shape index (κ1) is 15.2. The first-order chi connectivity index (χ1) is 8.22. The van der Waals surface area contributed by atoms with Gasteiger partial charge in [0.25, 0.3) is 0 Å². The minimum absolute atomic E-state index is 0.379. The summed E-state index contributed by atoms with van der Waals surface area (Å²) < 4.78 is 28.4. The van der Waals surface area contributed by atoms with Gasteiger partial charge in [-0.1, -0.05) is 6.07 Å². The average Bonchev–Trinajstić information content (AvgIpc) is 2.29. The molecule has 0 saturated carbocycles. The predicted molar refractivity (Wildman–Crippen MR) is 72.8 cm³/mol. The summed E-state index contributed by atoms with van der Waals surface area (Å²) in [6.45, 7) is 7.71. The number of ether oxygens (including phenoxy) is 1. The van der Waals surface area contributed by atoms with Gasteiger partial charge in [0.1, 0.15) is 16.7 Å². The zero-order valence-electron chi connectivity index (χ0n) is 11.8. The second-order valence-electron chi connectivity index (χ2n) is 5.05. The van der Waals surface area contributed by atoms with E-state index < -0.39 is 7.60 Å². The molecule has 0 saturated heterocycles. The average molecular weight is 272 g/mol. The Balaban J connectivity index is 3.32. The molecule has 0 heterocycles. The molecule has 0 unspecified atom stereocenters. The van der Waals surface area contributed by atoms with Crippen LogP contribution in [0.25, 0.3) is 0 Å². The van der Waals surface area contributed by atoms with E-state index in [-0.39, 0.29) is 5.60 Å². The maximum Gasteiger partial charge on any atom is 0.364 e. The Morgan fingerprint density at radius 1 is 1.11 bits per heavy atom. The Hall–Kier alpha value is -0.830. The van der Waals surface area contributed by atoms with Crippen LogP contribution in [-0.4, -0.2) is 19.8 Å². The summed E-state index contributed by atoms with van der Waals surface area (Å²) in [5.41, 5.74) is 0.594. The van der Waals surface area contributed by atoms with E-state index >= 15 is 0 Å². The number of rotatable bonds is 4. The highest BCUT2D eigenvalue weighted by atomic mass is 31.2. The molecule has 0 atom stereocenters. The lowest BCUT2D eigenvalue weighted by atomic mass is 10.2. The van der Waals surface area contributed by atoms with Gasteiger partial charge in [0.05, 0.1) is 0 Å². The molecule has 0 radical (unpaired) electrons. The molecule has 5 heteroatoms. The van der Waals surface area contributed by atoms with E-state index in [0.29, 0.717) is 11.1 Å². The van der Waals surface area contributed by atoms with Crippen molar-refractivity contribution < 1.29 is 18.3 Å². The molecular weight excluding hydrogens is 251 g/mol. The number of hydrogen-bond acceptors (Lipinski definition) is 4. The normalized spacial score (nSPS) is 12.6. The van der Waals surface area contributed by atoms with Crippen LogP contribution in [-0.2, 0) is 13.6 Å². The van der Waals surface area contributed by atoms with Gasteiger partial charge in [-0.05, 0) is 45.4 Å². The number of benzene rings is 1. The fourth-order valence-corrected chi connectivity index (χ4v) is 2.82. The van der Waals surface area contributed by atoms with E-state index in [1.54, 1.807) is 12.1 Å². The zero-order valence-corrected chi connectivity index (χ0v) is 12.7. The Morgan fingerprint density at radius 3 is 2.11 bits per heavy atom. The molecule has 0 amide bonds. The van der Waals surface area contributed by atoms with E-state index in [1.807, 2.05) is 33.8 Å². The van der Waals surface area contributed by atoms with Crippen molar-refractivity contribution in [2.24, 2.45) is 0 Å². The Kier molecular flexibility index (Phi) is 4.60. The topological polar surface area (TPSA) is 44.8 Å². The maximum absolute atomic E-state index is 12.5. The fraction of sp³-hybridized carbons (Fsp3) is 0.538. The van der Waals surface area contributed by atoms with Crippen LogP contribution in [0.4, 0.5) is 0 Å². The highest BCUT2D eigenvalue weighted by molar-refractivity contribution is 7.62. The summed E-state index contributed by atoms with van der Waals surface area (Å²) in [6, 6.07) is 5.47. The smallest absolute Gasteiger partial charge is 0.364 e. The summed E-state index contributed by atoms with van der Waals surface area (Å²) in [7, 11) is -0.572. The molecule has 0 aliphatic heterocycles. The van der Waals surface area contributed by atoms with Crippen LogP contribution in [0.1, 0.15) is 26.3 Å². The molecule has 0 spiro atoms. The van der Waals surface area contributed by atoms with Gasteiger partial charge >= 0.3 is 7.60 Å². The van der Waals surface area contributed by atoms with Crippen LogP contribution in [0.3, 0.4) is 0 Å². The van der Waals surface area contributed by atoms with Crippen molar-refractivity contribution in [3.63, 3.8) is 0 Å². The van der Waals surface area contributed by atoms with Crippen LogP contribution in [0.2, 0.25) is 0 Å². The SMILES string of the molecule is COP(=O)(OC)c1cc(C)ccc1OC(C)(C)C. The molecule has 0 bridgehead atoms. The van der Waals surface area contributed by atoms with Crippen molar-refractivity contribution >= 4 is 12.9 Å². The third-order valence-electron chi connectivity index (χ3n) is 2.31. The third kappa shape index (κ3) is 3.58. The molecule has 18 heavy (non-hydrogen) atoms. The molecule has 0 aliphatic carbocycles. The van der Waals surface area contributed by atoms with Crippen LogP contribution >= 0.6 is 7.60 Å². The predicted octanol–water partition coefficient (Wildman–Crippen LogP) is 3.28. The summed E-state index contributed by atoms with van der Waals surface area (Å²) in [4.78, 5) is 0. The van der Waals surface area contributed by atoms with Crippen molar-refractivity contribution in [3.8, 4) is 5.75 Å². The van der Waals surface area contributed by atoms with Gasteiger partial charge in [-0.25, -0.2) is 0 Å². The van der Waals surface area contributed by atoms with Gasteiger partial charge in [-0.3, -0.25) is 4.57 Å². The quantitative estimate of drug-likeness (QED) is 0.789. The monoisotopic (exact) mass is 272 g/mol. The molecule has 102 valence electrons. The molecule has 0 aromatic heterocycles. The van der Waals surface area contributed by atoms with Crippen molar-refractivity contribution in [3.05, 3.63) is 23.8 Å². The van der Waals surface area contributed by atoms with Gasteiger partial charge < -0.3 is 13.8 Å². The number of hydrogen-bond donors (Lipinski definition) is 0. The van der Waals surface area contributed by atoms with Gasteiger partial charge in [0.2, 0.25) is 0 Å². The fourth-order valence-electron chi connectivity index (χ4n) is 1.53. The molecule has 0 N–H and O–H groups in total. The summed E-state index contributed by atoms with van der Waals surface area (Å²) in [5, 5.41) is 0.461. The molecule has 4 nitrogen and oxygen atoms in total. The largest absolute Gasteiger partial charge is 0.487 e. The first-order valence-corrected chi connectivity index (χ1v) is 7.28. The molecular formula is C13H21O4P. The molecule has 1 rings (SSSR count). The van der Waals surface area contributed by atoms with E-state index in [9.17, 15) is 4.57 Å². The lowest BCUT2D eigenvalue weighted by Crippen LogP contribution is -2.26. The van der Waals surface area contributed by atoms with Crippen molar-refractivity contribution in [1.82, 2.24) is 0 Å². The second kappa shape index (κ2) is 5.43. The molecule has 1 aromatic carbocycles. The van der Waals surface area contributed by atoms with Gasteiger partial charge in [-0.2, -0.15) is 0 Å². The highest BCUT2D eigenvalue weighted by Crippen LogP contribution is 2.48. The van der Waals surface area contributed by atoms with Crippen LogP contribution in [0.5, 0.6) is 5.75 Å². The standard InChI is InChI=1S/C13H21O4P/c1-10-7-8-11(17-13(2,3)4)12(9-10)18(14,15-5)16-6/h7-9H,1-6H3. The van der Waals surface area contributed by atoms with Crippen LogP contribution in [0, 0.1) is 6.92 Å². The molecule has 1 aromatic rings. The highest BCUT2D eigenvalue weighted by Gasteiger charge is 2.30. The second-order valence-corrected chi connectivity index (χ2v) is 7.26. The van der Waals surface area contributed by atoms with Crippen molar-refractivity contribution in [2.75, 3.05) is 14.2 Å². The first-order valence-electron chi connectivity index (χ1n) is 5.73.